The van der Waals surface area contributed by atoms with E-state index in [9.17, 15) is 13.6 Å². The van der Waals surface area contributed by atoms with Gasteiger partial charge in [0.1, 0.15) is 0 Å². The number of rotatable bonds is 6. The molecule has 3 N–H and O–H groups in total. The fraction of sp³-hybridized carbons (Fsp3) is 0.462. The van der Waals surface area contributed by atoms with E-state index < -0.39 is 11.6 Å². The topological polar surface area (TPSA) is 55.1 Å². The van der Waals surface area contributed by atoms with Gasteiger partial charge in [0.15, 0.2) is 11.6 Å². The molecule has 0 aliphatic heterocycles. The predicted molar refractivity (Wildman–Crippen MR) is 66.0 cm³/mol. The van der Waals surface area contributed by atoms with Crippen LogP contribution in [0, 0.1) is 11.6 Å². The average Bonchev–Trinajstić information content (AvgIpc) is 2.31. The molecule has 1 amide bonds. The summed E-state index contributed by atoms with van der Waals surface area (Å²) in [4.78, 5) is 11.4. The third-order valence-electron chi connectivity index (χ3n) is 2.55. The van der Waals surface area contributed by atoms with Crippen LogP contribution in [0.2, 0.25) is 0 Å². The number of hydrogen-bond donors (Lipinski definition) is 2. The van der Waals surface area contributed by atoms with Crippen molar-refractivity contribution >= 4 is 5.91 Å². The molecule has 100 valence electrons. The van der Waals surface area contributed by atoms with Gasteiger partial charge in [-0.1, -0.05) is 6.07 Å². The van der Waals surface area contributed by atoms with Crippen LogP contribution < -0.4 is 11.1 Å². The summed E-state index contributed by atoms with van der Waals surface area (Å²) >= 11 is 0. The minimum atomic E-state index is -0.865. The zero-order valence-electron chi connectivity index (χ0n) is 10.4. The predicted octanol–water partition coefficient (Wildman–Crippen LogP) is 1.75. The molecule has 5 heteroatoms. The second kappa shape index (κ2) is 7.06. The fourth-order valence-electron chi connectivity index (χ4n) is 1.49. The summed E-state index contributed by atoms with van der Waals surface area (Å²) in [5, 5.41) is 2.71. The average molecular weight is 256 g/mol. The normalized spacial score (nSPS) is 12.2. The molecule has 0 aromatic heterocycles. The molecule has 1 atom stereocenters. The highest BCUT2D eigenvalue weighted by molar-refractivity contribution is 5.75. The molecule has 0 radical (unpaired) electrons. The lowest BCUT2D eigenvalue weighted by Gasteiger charge is -2.07. The number of carbonyl (C=O) groups is 1. The van der Waals surface area contributed by atoms with Gasteiger partial charge in [-0.15, -0.1) is 0 Å². The quantitative estimate of drug-likeness (QED) is 0.814. The minimum absolute atomic E-state index is 0.00180. The Morgan fingerprint density at radius 3 is 2.72 bits per heavy atom. The van der Waals surface area contributed by atoms with Crippen molar-refractivity contribution in [2.75, 3.05) is 6.54 Å². The first kappa shape index (κ1) is 14.6. The molecule has 3 nitrogen and oxygen atoms in total. The molecule has 1 aromatic rings. The van der Waals surface area contributed by atoms with Gasteiger partial charge in [0.25, 0.3) is 0 Å². The summed E-state index contributed by atoms with van der Waals surface area (Å²) in [6, 6.07) is 3.74. The smallest absolute Gasteiger partial charge is 0.220 e. The lowest BCUT2D eigenvalue weighted by atomic mass is 10.1. The van der Waals surface area contributed by atoms with Crippen molar-refractivity contribution in [3.05, 3.63) is 35.4 Å². The Bertz CT molecular complexity index is 408. The number of benzene rings is 1. The van der Waals surface area contributed by atoms with Gasteiger partial charge in [0.2, 0.25) is 5.91 Å². The molecule has 0 spiro atoms. The second-order valence-electron chi connectivity index (χ2n) is 4.36. The molecular formula is C13H18F2N2O. The van der Waals surface area contributed by atoms with Crippen LogP contribution in [-0.2, 0) is 11.2 Å². The zero-order valence-corrected chi connectivity index (χ0v) is 10.4. The van der Waals surface area contributed by atoms with Crippen LogP contribution in [0.15, 0.2) is 18.2 Å². The summed E-state index contributed by atoms with van der Waals surface area (Å²) < 4.78 is 25.6. The highest BCUT2D eigenvalue weighted by Gasteiger charge is 2.05. The molecule has 0 bridgehead atoms. The van der Waals surface area contributed by atoms with Gasteiger partial charge in [0.05, 0.1) is 0 Å². The molecule has 18 heavy (non-hydrogen) atoms. The third-order valence-corrected chi connectivity index (χ3v) is 2.55. The Labute approximate surface area is 105 Å². The summed E-state index contributed by atoms with van der Waals surface area (Å²) in [6.45, 7) is 2.25. The van der Waals surface area contributed by atoms with E-state index in [0.29, 0.717) is 31.4 Å². The Morgan fingerprint density at radius 1 is 1.39 bits per heavy atom. The van der Waals surface area contributed by atoms with E-state index in [1.165, 1.54) is 6.07 Å². The number of nitrogens with one attached hydrogen (secondary N) is 1. The van der Waals surface area contributed by atoms with Crippen molar-refractivity contribution in [1.82, 2.24) is 5.32 Å². The van der Waals surface area contributed by atoms with E-state index >= 15 is 0 Å². The molecule has 0 aliphatic carbocycles. The van der Waals surface area contributed by atoms with E-state index in [4.69, 9.17) is 5.73 Å². The summed E-state index contributed by atoms with van der Waals surface area (Å²) in [6.07, 6.45) is 1.49. The first-order valence-electron chi connectivity index (χ1n) is 5.95. The number of nitrogens with two attached hydrogens (primary N) is 1. The van der Waals surface area contributed by atoms with Crippen molar-refractivity contribution in [2.45, 2.75) is 32.2 Å². The number of carbonyl (C=O) groups excluding carboxylic acids is 1. The molecule has 0 heterocycles. The van der Waals surface area contributed by atoms with E-state index in [2.05, 4.69) is 5.32 Å². The van der Waals surface area contributed by atoms with Crippen molar-refractivity contribution in [3.8, 4) is 0 Å². The van der Waals surface area contributed by atoms with Crippen LogP contribution in [-0.4, -0.2) is 18.5 Å². The maximum atomic E-state index is 12.9. The maximum absolute atomic E-state index is 12.9. The molecule has 0 saturated carbocycles. The second-order valence-corrected chi connectivity index (χ2v) is 4.36. The first-order chi connectivity index (χ1) is 8.49. The third kappa shape index (κ3) is 5.23. The molecule has 1 rings (SSSR count). The zero-order chi connectivity index (χ0) is 13.5. The Kier molecular flexibility index (Phi) is 5.71. The number of hydrogen-bond acceptors (Lipinski definition) is 2. The van der Waals surface area contributed by atoms with Gasteiger partial charge in [-0.05, 0) is 37.5 Å². The highest BCUT2D eigenvalue weighted by Crippen LogP contribution is 2.08. The van der Waals surface area contributed by atoms with Crippen LogP contribution in [0.1, 0.15) is 25.3 Å². The fourth-order valence-corrected chi connectivity index (χ4v) is 1.49. The SMILES string of the molecule is CC(N)CCC(=O)NCCc1ccc(F)c(F)c1. The van der Waals surface area contributed by atoms with Crippen LogP contribution in [0.25, 0.3) is 0 Å². The Balaban J connectivity index is 2.28. The summed E-state index contributed by atoms with van der Waals surface area (Å²) in [5.41, 5.74) is 6.19. The van der Waals surface area contributed by atoms with Crippen molar-refractivity contribution < 1.29 is 13.6 Å². The molecule has 1 aromatic carbocycles. The largest absolute Gasteiger partial charge is 0.356 e. The molecule has 1 unspecified atom stereocenters. The van der Waals surface area contributed by atoms with Gasteiger partial charge in [-0.2, -0.15) is 0 Å². The lowest BCUT2D eigenvalue weighted by Crippen LogP contribution is -2.27. The summed E-state index contributed by atoms with van der Waals surface area (Å²) in [5.74, 6) is -1.80. The number of halogens is 2. The van der Waals surface area contributed by atoms with E-state index in [-0.39, 0.29) is 11.9 Å². The van der Waals surface area contributed by atoms with Crippen LogP contribution in [0.3, 0.4) is 0 Å². The Hall–Kier alpha value is -1.49. The first-order valence-corrected chi connectivity index (χ1v) is 5.95. The van der Waals surface area contributed by atoms with Crippen molar-refractivity contribution in [1.29, 1.82) is 0 Å². The van der Waals surface area contributed by atoms with Gasteiger partial charge in [-0.25, -0.2) is 8.78 Å². The van der Waals surface area contributed by atoms with Gasteiger partial charge < -0.3 is 11.1 Å². The van der Waals surface area contributed by atoms with Crippen molar-refractivity contribution in [3.63, 3.8) is 0 Å². The maximum Gasteiger partial charge on any atom is 0.220 e. The number of amides is 1. The minimum Gasteiger partial charge on any atom is -0.356 e. The van der Waals surface area contributed by atoms with Crippen molar-refractivity contribution in [2.24, 2.45) is 5.73 Å². The van der Waals surface area contributed by atoms with Gasteiger partial charge in [0, 0.05) is 19.0 Å². The molecule has 0 saturated heterocycles. The molecule has 0 aliphatic rings. The highest BCUT2D eigenvalue weighted by atomic mass is 19.2. The molecule has 0 fully saturated rings. The van der Waals surface area contributed by atoms with Crippen LogP contribution >= 0.6 is 0 Å². The van der Waals surface area contributed by atoms with E-state index in [1.807, 2.05) is 6.92 Å². The van der Waals surface area contributed by atoms with Crippen LogP contribution in [0.4, 0.5) is 8.78 Å². The monoisotopic (exact) mass is 256 g/mol. The van der Waals surface area contributed by atoms with E-state index in [1.54, 1.807) is 0 Å². The lowest BCUT2D eigenvalue weighted by molar-refractivity contribution is -0.121. The van der Waals surface area contributed by atoms with E-state index in [0.717, 1.165) is 12.1 Å². The molecular weight excluding hydrogens is 238 g/mol. The summed E-state index contributed by atoms with van der Waals surface area (Å²) in [7, 11) is 0. The standard InChI is InChI=1S/C13H18F2N2O/c1-9(16)2-5-13(18)17-7-6-10-3-4-11(14)12(15)8-10/h3-4,8-9H,2,5-7,16H2,1H3,(H,17,18). The van der Waals surface area contributed by atoms with Gasteiger partial charge in [-0.3, -0.25) is 4.79 Å². The van der Waals surface area contributed by atoms with Gasteiger partial charge >= 0.3 is 0 Å². The Morgan fingerprint density at radius 2 is 2.11 bits per heavy atom. The van der Waals surface area contributed by atoms with Crippen LogP contribution in [0.5, 0.6) is 0 Å².